The van der Waals surface area contributed by atoms with Crippen LogP contribution < -0.4 is 0 Å². The molecule has 150 valence electrons. The Morgan fingerprint density at radius 3 is 2.21 bits per heavy atom. The molecule has 29 heavy (non-hydrogen) atoms. The molecule has 0 saturated heterocycles. The van der Waals surface area contributed by atoms with Crippen LogP contribution in [0, 0.1) is 5.41 Å². The Morgan fingerprint density at radius 1 is 0.966 bits per heavy atom. The van der Waals surface area contributed by atoms with E-state index in [4.69, 9.17) is 5.11 Å². The molecule has 0 atom stereocenters. The number of carboxylic acids is 1. The van der Waals surface area contributed by atoms with E-state index in [1.54, 1.807) is 12.1 Å². The molecule has 1 aliphatic rings. The first-order chi connectivity index (χ1) is 13.5. The molecule has 0 aromatic heterocycles. The van der Waals surface area contributed by atoms with Crippen LogP contribution in [-0.4, -0.2) is 11.1 Å². The van der Waals surface area contributed by atoms with Gasteiger partial charge in [-0.25, -0.2) is 4.79 Å². The Kier molecular flexibility index (Phi) is 5.66. The van der Waals surface area contributed by atoms with Crippen LogP contribution in [0.1, 0.15) is 73.7 Å². The molecule has 2 aromatic carbocycles. The lowest BCUT2D eigenvalue weighted by Gasteiger charge is -2.32. The molecular weight excluding hydrogens is 356 g/mol. The van der Waals surface area contributed by atoms with Crippen molar-refractivity contribution < 1.29 is 9.90 Å². The monoisotopic (exact) mass is 386 g/mol. The van der Waals surface area contributed by atoms with E-state index in [2.05, 4.69) is 77.1 Å². The van der Waals surface area contributed by atoms with Gasteiger partial charge in [0.05, 0.1) is 5.56 Å². The average molecular weight is 387 g/mol. The van der Waals surface area contributed by atoms with Crippen molar-refractivity contribution in [3.05, 3.63) is 88.5 Å². The highest BCUT2D eigenvalue weighted by atomic mass is 16.4. The Labute approximate surface area is 174 Å². The maximum atomic E-state index is 11.0. The van der Waals surface area contributed by atoms with Crippen molar-refractivity contribution in [2.75, 3.05) is 0 Å². The van der Waals surface area contributed by atoms with Crippen LogP contribution in [0.15, 0.2) is 60.7 Å². The number of hydrogen-bond acceptors (Lipinski definition) is 1. The number of carbonyl (C=O) groups is 1. The van der Waals surface area contributed by atoms with Crippen LogP contribution in [0.5, 0.6) is 0 Å². The normalized spacial score (nSPS) is 16.1. The topological polar surface area (TPSA) is 37.3 Å². The van der Waals surface area contributed by atoms with E-state index in [1.807, 2.05) is 18.2 Å². The molecule has 0 saturated carbocycles. The number of benzene rings is 2. The first-order valence-electron chi connectivity index (χ1n) is 10.1. The molecule has 0 amide bonds. The van der Waals surface area contributed by atoms with Crippen LogP contribution in [0.4, 0.5) is 0 Å². The van der Waals surface area contributed by atoms with Crippen LogP contribution >= 0.6 is 0 Å². The molecule has 2 aromatic rings. The molecule has 0 aliphatic heterocycles. The molecule has 0 heterocycles. The summed E-state index contributed by atoms with van der Waals surface area (Å²) in [5.41, 5.74) is 6.67. The second-order valence-electron chi connectivity index (χ2n) is 9.51. The summed E-state index contributed by atoms with van der Waals surface area (Å²) in [6.45, 7) is 11.2. The van der Waals surface area contributed by atoms with Gasteiger partial charge in [0.2, 0.25) is 0 Å². The van der Waals surface area contributed by atoms with Gasteiger partial charge in [0, 0.05) is 0 Å². The summed E-state index contributed by atoms with van der Waals surface area (Å²) < 4.78 is 0. The Hall–Kier alpha value is -2.87. The minimum Gasteiger partial charge on any atom is -0.478 e. The molecule has 2 nitrogen and oxygen atoms in total. The molecule has 1 N–H and O–H groups in total. The maximum Gasteiger partial charge on any atom is 0.335 e. The van der Waals surface area contributed by atoms with Crippen molar-refractivity contribution in [1.29, 1.82) is 0 Å². The summed E-state index contributed by atoms with van der Waals surface area (Å²) in [7, 11) is 0. The molecular formula is C27H30O2. The lowest BCUT2D eigenvalue weighted by atomic mass is 9.72. The number of aromatic carboxylic acids is 1. The van der Waals surface area contributed by atoms with Crippen LogP contribution in [0.2, 0.25) is 0 Å². The summed E-state index contributed by atoms with van der Waals surface area (Å²) in [6, 6.07) is 13.6. The van der Waals surface area contributed by atoms with Crippen LogP contribution in [0.25, 0.3) is 17.7 Å². The molecule has 0 radical (unpaired) electrons. The van der Waals surface area contributed by atoms with E-state index in [0.717, 1.165) is 17.5 Å². The van der Waals surface area contributed by atoms with E-state index < -0.39 is 5.97 Å². The smallest absolute Gasteiger partial charge is 0.335 e. The van der Waals surface area contributed by atoms with Gasteiger partial charge in [0.15, 0.2) is 0 Å². The van der Waals surface area contributed by atoms with Crippen molar-refractivity contribution in [2.24, 2.45) is 5.41 Å². The van der Waals surface area contributed by atoms with E-state index in [9.17, 15) is 4.79 Å². The van der Waals surface area contributed by atoms with E-state index >= 15 is 0 Å². The Bertz CT molecular complexity index is 994. The Morgan fingerprint density at radius 2 is 1.59 bits per heavy atom. The number of fused-ring (bicyclic) bond motifs is 1. The second-order valence-corrected chi connectivity index (χ2v) is 9.51. The summed E-state index contributed by atoms with van der Waals surface area (Å²) in [5, 5.41) is 9.03. The summed E-state index contributed by atoms with van der Waals surface area (Å²) in [4.78, 5) is 11.0. The molecule has 2 heteroatoms. The highest BCUT2D eigenvalue weighted by Crippen LogP contribution is 2.40. The first kappa shape index (κ1) is 20.9. The van der Waals surface area contributed by atoms with Crippen LogP contribution in [-0.2, 0) is 5.41 Å². The Balaban J connectivity index is 1.92. The van der Waals surface area contributed by atoms with Gasteiger partial charge < -0.3 is 5.11 Å². The van der Waals surface area contributed by atoms with E-state index in [0.29, 0.717) is 5.56 Å². The molecule has 3 rings (SSSR count). The third-order valence-corrected chi connectivity index (χ3v) is 5.30. The molecule has 0 bridgehead atoms. The van der Waals surface area contributed by atoms with Crippen molar-refractivity contribution in [3.8, 4) is 0 Å². The third kappa shape index (κ3) is 5.14. The zero-order valence-corrected chi connectivity index (χ0v) is 18.0. The lowest BCUT2D eigenvalue weighted by Crippen LogP contribution is -2.21. The minimum atomic E-state index is -0.902. The van der Waals surface area contributed by atoms with Gasteiger partial charge in [-0.2, -0.15) is 0 Å². The van der Waals surface area contributed by atoms with Gasteiger partial charge in [-0.1, -0.05) is 89.3 Å². The number of hydrogen-bond donors (Lipinski definition) is 1. The predicted molar refractivity (Wildman–Crippen MR) is 123 cm³/mol. The molecule has 0 unspecified atom stereocenters. The summed E-state index contributed by atoms with van der Waals surface area (Å²) in [5.74, 6) is -0.902. The zero-order valence-electron chi connectivity index (χ0n) is 18.0. The zero-order chi connectivity index (χ0) is 21.2. The highest BCUT2D eigenvalue weighted by Gasteiger charge is 2.27. The number of allylic oxidation sites excluding steroid dienone is 4. The fraction of sp³-hybridized carbons (Fsp3) is 0.296. The lowest BCUT2D eigenvalue weighted by molar-refractivity contribution is 0.0697. The summed E-state index contributed by atoms with van der Waals surface area (Å²) >= 11 is 0. The van der Waals surface area contributed by atoms with Gasteiger partial charge in [-0.05, 0) is 63.3 Å². The van der Waals surface area contributed by atoms with Crippen molar-refractivity contribution >= 4 is 23.7 Å². The van der Waals surface area contributed by atoms with Gasteiger partial charge in [0.1, 0.15) is 0 Å². The fourth-order valence-electron chi connectivity index (χ4n) is 3.51. The van der Waals surface area contributed by atoms with Gasteiger partial charge >= 0.3 is 5.97 Å². The van der Waals surface area contributed by atoms with E-state index in [1.165, 1.54) is 16.7 Å². The third-order valence-electron chi connectivity index (χ3n) is 5.30. The minimum absolute atomic E-state index is 0.128. The number of carboxylic acid groups (broad SMARTS) is 1. The highest BCUT2D eigenvalue weighted by molar-refractivity contribution is 5.88. The largest absolute Gasteiger partial charge is 0.478 e. The van der Waals surface area contributed by atoms with Gasteiger partial charge in [-0.15, -0.1) is 0 Å². The van der Waals surface area contributed by atoms with Crippen LogP contribution in [0.3, 0.4) is 0 Å². The summed E-state index contributed by atoms with van der Waals surface area (Å²) in [6.07, 6.45) is 12.0. The van der Waals surface area contributed by atoms with Crippen molar-refractivity contribution in [2.45, 2.75) is 46.5 Å². The van der Waals surface area contributed by atoms with Crippen molar-refractivity contribution in [1.82, 2.24) is 0 Å². The molecule has 0 fully saturated rings. The number of rotatable bonds is 4. The maximum absolute atomic E-state index is 11.0. The predicted octanol–water partition coefficient (Wildman–Crippen LogP) is 7.22. The first-order valence-corrected chi connectivity index (χ1v) is 10.1. The van der Waals surface area contributed by atoms with Crippen molar-refractivity contribution in [3.63, 3.8) is 0 Å². The standard InChI is InChI=1S/C27H30O2/c1-26(2,3)16-14-21-15-17-27(4,5)24-13-10-20(18-23(21)24)7-6-19-8-11-22(12-9-19)25(28)29/h6-16,18H,17H2,1-5H3,(H,28,29)/b7-6-,16-14-. The van der Waals surface area contributed by atoms with Gasteiger partial charge in [0.25, 0.3) is 0 Å². The van der Waals surface area contributed by atoms with E-state index in [-0.39, 0.29) is 10.8 Å². The fourth-order valence-corrected chi connectivity index (χ4v) is 3.51. The quantitative estimate of drug-likeness (QED) is 0.563. The SMILES string of the molecule is CC(C)(C)/C=C\C1=CCC(C)(C)c2ccc(/C=C\c3ccc(C(=O)O)cc3)cc21. The molecule has 1 aliphatic carbocycles. The average Bonchev–Trinajstić information content (AvgIpc) is 2.65. The molecule has 0 spiro atoms. The van der Waals surface area contributed by atoms with Gasteiger partial charge in [-0.3, -0.25) is 0 Å². The second kappa shape index (κ2) is 7.87.